The summed E-state index contributed by atoms with van der Waals surface area (Å²) in [7, 11) is 0. The Morgan fingerprint density at radius 3 is 2.45 bits per heavy atom. The summed E-state index contributed by atoms with van der Waals surface area (Å²) in [4.78, 5) is 28.6. The van der Waals surface area contributed by atoms with Crippen molar-refractivity contribution in [2.24, 2.45) is 0 Å². The molecule has 29 heavy (non-hydrogen) atoms. The van der Waals surface area contributed by atoms with Crippen molar-refractivity contribution < 1.29 is 14.3 Å². The molecule has 3 aromatic rings. The Labute approximate surface area is 177 Å². The first kappa shape index (κ1) is 20.5. The maximum atomic E-state index is 12.5. The van der Waals surface area contributed by atoms with Gasteiger partial charge in [0.1, 0.15) is 11.3 Å². The topological polar surface area (TPSA) is 80.3 Å². The molecule has 0 radical (unpaired) electrons. The number of carbonyl (C=O) groups is 2. The SMILES string of the molecule is O=C(CCNC(=O)c1cccnc1Oc1ccc(Br)cc1)NCc1ccccc1. The van der Waals surface area contributed by atoms with Crippen LogP contribution < -0.4 is 15.4 Å². The zero-order valence-corrected chi connectivity index (χ0v) is 17.2. The third kappa shape index (κ3) is 6.43. The van der Waals surface area contributed by atoms with Crippen LogP contribution >= 0.6 is 15.9 Å². The average molecular weight is 454 g/mol. The summed E-state index contributed by atoms with van der Waals surface area (Å²) in [5.74, 6) is 0.301. The van der Waals surface area contributed by atoms with Crippen molar-refractivity contribution in [1.29, 1.82) is 0 Å². The first-order valence-electron chi connectivity index (χ1n) is 9.09. The number of aromatic nitrogens is 1. The normalized spacial score (nSPS) is 10.2. The summed E-state index contributed by atoms with van der Waals surface area (Å²) < 4.78 is 6.65. The third-order valence-corrected chi connectivity index (χ3v) is 4.54. The zero-order chi connectivity index (χ0) is 20.5. The van der Waals surface area contributed by atoms with Gasteiger partial charge in [0.2, 0.25) is 11.8 Å². The lowest BCUT2D eigenvalue weighted by molar-refractivity contribution is -0.121. The number of hydrogen-bond acceptors (Lipinski definition) is 4. The van der Waals surface area contributed by atoms with Crippen molar-refractivity contribution in [2.45, 2.75) is 13.0 Å². The van der Waals surface area contributed by atoms with Gasteiger partial charge in [0.15, 0.2) is 0 Å². The minimum absolute atomic E-state index is 0.133. The molecule has 148 valence electrons. The van der Waals surface area contributed by atoms with Crippen LogP contribution in [-0.4, -0.2) is 23.3 Å². The van der Waals surface area contributed by atoms with E-state index >= 15 is 0 Å². The molecule has 2 amide bonds. The summed E-state index contributed by atoms with van der Waals surface area (Å²) in [6.07, 6.45) is 1.74. The maximum absolute atomic E-state index is 12.5. The lowest BCUT2D eigenvalue weighted by Gasteiger charge is -2.10. The van der Waals surface area contributed by atoms with Crippen molar-refractivity contribution in [2.75, 3.05) is 6.54 Å². The van der Waals surface area contributed by atoms with Gasteiger partial charge < -0.3 is 15.4 Å². The number of pyridine rings is 1. The van der Waals surface area contributed by atoms with Crippen LogP contribution in [-0.2, 0) is 11.3 Å². The number of ether oxygens (including phenoxy) is 1. The molecule has 0 aliphatic carbocycles. The van der Waals surface area contributed by atoms with E-state index in [2.05, 4.69) is 31.5 Å². The molecule has 0 saturated carbocycles. The Balaban J connectivity index is 1.50. The van der Waals surface area contributed by atoms with Crippen LogP contribution in [0.3, 0.4) is 0 Å². The maximum Gasteiger partial charge on any atom is 0.256 e. The number of nitrogens with zero attached hydrogens (tertiary/aromatic N) is 1. The van der Waals surface area contributed by atoms with E-state index in [9.17, 15) is 9.59 Å². The van der Waals surface area contributed by atoms with Gasteiger partial charge in [-0.1, -0.05) is 46.3 Å². The number of halogens is 1. The Morgan fingerprint density at radius 1 is 0.931 bits per heavy atom. The third-order valence-electron chi connectivity index (χ3n) is 4.01. The zero-order valence-electron chi connectivity index (χ0n) is 15.6. The number of benzene rings is 2. The van der Waals surface area contributed by atoms with E-state index in [1.54, 1.807) is 30.5 Å². The van der Waals surface area contributed by atoms with Crippen LogP contribution in [0.15, 0.2) is 77.4 Å². The lowest BCUT2D eigenvalue weighted by Crippen LogP contribution is -2.30. The fourth-order valence-electron chi connectivity index (χ4n) is 2.53. The molecule has 0 aliphatic rings. The number of hydrogen-bond donors (Lipinski definition) is 2. The number of carbonyl (C=O) groups excluding carboxylic acids is 2. The smallest absolute Gasteiger partial charge is 0.256 e. The Hall–Kier alpha value is -3.19. The van der Waals surface area contributed by atoms with E-state index in [4.69, 9.17) is 4.74 Å². The predicted octanol–water partition coefficient (Wildman–Crippen LogP) is 4.07. The van der Waals surface area contributed by atoms with Gasteiger partial charge in [-0.15, -0.1) is 0 Å². The Kier molecular flexibility index (Phi) is 7.35. The van der Waals surface area contributed by atoms with Crippen LogP contribution in [0.1, 0.15) is 22.3 Å². The molecule has 0 fully saturated rings. The molecule has 0 unspecified atom stereocenters. The van der Waals surface area contributed by atoms with Crippen LogP contribution in [0.5, 0.6) is 11.6 Å². The van der Waals surface area contributed by atoms with Gasteiger partial charge in [-0.05, 0) is 42.0 Å². The molecule has 0 atom stereocenters. The van der Waals surface area contributed by atoms with Gasteiger partial charge in [-0.2, -0.15) is 0 Å². The number of nitrogens with one attached hydrogen (secondary N) is 2. The van der Waals surface area contributed by atoms with Gasteiger partial charge in [0.25, 0.3) is 5.91 Å². The molecule has 6 nitrogen and oxygen atoms in total. The van der Waals surface area contributed by atoms with Crippen LogP contribution in [0.2, 0.25) is 0 Å². The van der Waals surface area contributed by atoms with Crippen molar-refractivity contribution >= 4 is 27.7 Å². The van der Waals surface area contributed by atoms with Gasteiger partial charge >= 0.3 is 0 Å². The van der Waals surface area contributed by atoms with E-state index in [-0.39, 0.29) is 30.7 Å². The number of amides is 2. The summed E-state index contributed by atoms with van der Waals surface area (Å²) in [5, 5.41) is 5.57. The van der Waals surface area contributed by atoms with Crippen LogP contribution in [0.25, 0.3) is 0 Å². The van der Waals surface area contributed by atoms with Crippen molar-refractivity contribution in [1.82, 2.24) is 15.6 Å². The van der Waals surface area contributed by atoms with Crippen LogP contribution in [0.4, 0.5) is 0 Å². The highest BCUT2D eigenvalue weighted by Gasteiger charge is 2.14. The Morgan fingerprint density at radius 2 is 1.69 bits per heavy atom. The highest BCUT2D eigenvalue weighted by molar-refractivity contribution is 9.10. The molecule has 0 saturated heterocycles. The second-order valence-electron chi connectivity index (χ2n) is 6.18. The van der Waals surface area contributed by atoms with Gasteiger partial charge in [-0.3, -0.25) is 9.59 Å². The monoisotopic (exact) mass is 453 g/mol. The average Bonchev–Trinajstić information content (AvgIpc) is 2.75. The molecule has 7 heteroatoms. The molecular weight excluding hydrogens is 434 g/mol. The predicted molar refractivity (Wildman–Crippen MR) is 114 cm³/mol. The standard InChI is InChI=1S/C22H20BrN3O3/c23-17-8-10-18(11-9-17)29-22-19(7-4-13-25-22)21(28)24-14-12-20(27)26-15-16-5-2-1-3-6-16/h1-11,13H,12,14-15H2,(H,24,28)(H,26,27). The molecule has 0 spiro atoms. The fourth-order valence-corrected chi connectivity index (χ4v) is 2.79. The van der Waals surface area contributed by atoms with Gasteiger partial charge in [0.05, 0.1) is 0 Å². The summed E-state index contributed by atoms with van der Waals surface area (Å²) in [6.45, 7) is 0.674. The van der Waals surface area contributed by atoms with Crippen LogP contribution in [0, 0.1) is 0 Å². The van der Waals surface area contributed by atoms with Gasteiger partial charge in [0, 0.05) is 30.2 Å². The second-order valence-corrected chi connectivity index (χ2v) is 7.10. The lowest BCUT2D eigenvalue weighted by atomic mass is 10.2. The highest BCUT2D eigenvalue weighted by Crippen LogP contribution is 2.24. The molecule has 3 rings (SSSR count). The van der Waals surface area contributed by atoms with E-state index in [0.29, 0.717) is 17.9 Å². The second kappa shape index (κ2) is 10.4. The number of rotatable bonds is 8. The molecule has 1 aromatic heterocycles. The molecule has 1 heterocycles. The molecular formula is C22H20BrN3O3. The summed E-state index contributed by atoms with van der Waals surface area (Å²) >= 11 is 3.36. The van der Waals surface area contributed by atoms with Crippen molar-refractivity contribution in [3.63, 3.8) is 0 Å². The highest BCUT2D eigenvalue weighted by atomic mass is 79.9. The largest absolute Gasteiger partial charge is 0.438 e. The van der Waals surface area contributed by atoms with Crippen molar-refractivity contribution in [3.8, 4) is 11.6 Å². The first-order valence-corrected chi connectivity index (χ1v) is 9.88. The Bertz CT molecular complexity index is 963. The minimum atomic E-state index is -0.346. The summed E-state index contributed by atoms with van der Waals surface area (Å²) in [5.41, 5.74) is 1.33. The van der Waals surface area contributed by atoms with E-state index in [1.807, 2.05) is 42.5 Å². The van der Waals surface area contributed by atoms with E-state index in [1.165, 1.54) is 0 Å². The minimum Gasteiger partial charge on any atom is -0.438 e. The summed E-state index contributed by atoms with van der Waals surface area (Å²) in [6, 6.07) is 20.2. The quantitative estimate of drug-likeness (QED) is 0.538. The molecule has 2 N–H and O–H groups in total. The molecule has 2 aromatic carbocycles. The van der Waals surface area contributed by atoms with E-state index in [0.717, 1.165) is 10.0 Å². The van der Waals surface area contributed by atoms with E-state index < -0.39 is 0 Å². The molecule has 0 bridgehead atoms. The van der Waals surface area contributed by atoms with Gasteiger partial charge in [-0.25, -0.2) is 4.98 Å². The fraction of sp³-hybridized carbons (Fsp3) is 0.136. The first-order chi connectivity index (χ1) is 14.1. The molecule has 0 aliphatic heterocycles. The van der Waals surface area contributed by atoms with Crippen molar-refractivity contribution in [3.05, 3.63) is 88.5 Å².